The average molecular weight is 597 g/mol. The molecule has 222 valence electrons. The molecular weight excluding hydrogens is 568 g/mol. The zero-order chi connectivity index (χ0) is 30.7. The zero-order valence-electron chi connectivity index (χ0n) is 24.1. The number of benzene rings is 4. The Labute approximate surface area is 259 Å². The molecule has 0 aromatic heterocycles. The van der Waals surface area contributed by atoms with Crippen molar-refractivity contribution in [3.05, 3.63) is 138 Å². The van der Waals surface area contributed by atoms with Crippen LogP contribution >= 0.6 is 0 Å². The minimum Gasteiger partial charge on any atom is -0.489 e. The fourth-order valence-corrected chi connectivity index (χ4v) is 7.50. The molecule has 4 aliphatic heterocycles. The van der Waals surface area contributed by atoms with Gasteiger partial charge < -0.3 is 24.4 Å². The van der Waals surface area contributed by atoms with Crippen LogP contribution in [0, 0.1) is 5.92 Å². The number of Topliss-reactive ketones (excluding diaryl/α,β-unsaturated/α-hetero) is 2. The van der Waals surface area contributed by atoms with Gasteiger partial charge in [-0.2, -0.15) is 0 Å². The largest absolute Gasteiger partial charge is 0.489 e. The van der Waals surface area contributed by atoms with Crippen molar-refractivity contribution in [3.63, 3.8) is 0 Å². The predicted molar refractivity (Wildman–Crippen MR) is 167 cm³/mol. The molecule has 4 aromatic rings. The highest BCUT2D eigenvalue weighted by atomic mass is 16.7. The Bertz CT molecular complexity index is 1950. The van der Waals surface area contributed by atoms with Crippen LogP contribution in [0.4, 0.5) is 5.69 Å². The van der Waals surface area contributed by atoms with E-state index in [4.69, 9.17) is 14.2 Å². The number of fused-ring (bicyclic) bond motifs is 7. The first-order valence-corrected chi connectivity index (χ1v) is 14.8. The number of ether oxygens (including phenoxy) is 3. The van der Waals surface area contributed by atoms with Gasteiger partial charge in [-0.3, -0.25) is 14.4 Å². The van der Waals surface area contributed by atoms with Gasteiger partial charge in [-0.15, -0.1) is 0 Å². The van der Waals surface area contributed by atoms with Crippen molar-refractivity contribution < 1.29 is 28.6 Å². The third-order valence-electron chi connectivity index (χ3n) is 9.29. The van der Waals surface area contributed by atoms with Crippen molar-refractivity contribution in [1.29, 1.82) is 0 Å². The van der Waals surface area contributed by atoms with E-state index in [1.807, 2.05) is 65.7 Å². The summed E-state index contributed by atoms with van der Waals surface area (Å²) in [6.07, 6.45) is 5.39. The van der Waals surface area contributed by atoms with Crippen LogP contribution in [-0.4, -0.2) is 41.8 Å². The Hall–Kier alpha value is -5.63. The molecule has 4 aliphatic rings. The molecule has 0 saturated carbocycles. The summed E-state index contributed by atoms with van der Waals surface area (Å²) in [6.45, 7) is 3.99. The summed E-state index contributed by atoms with van der Waals surface area (Å²) in [5, 5.41) is 3.08. The molecular formula is C37H28N2O6. The van der Waals surface area contributed by atoms with Crippen LogP contribution in [0.2, 0.25) is 0 Å². The monoisotopic (exact) mass is 596 g/mol. The highest BCUT2D eigenvalue weighted by molar-refractivity contribution is 6.17. The van der Waals surface area contributed by atoms with Crippen LogP contribution in [0.15, 0.2) is 110 Å². The lowest BCUT2D eigenvalue weighted by Gasteiger charge is -2.38. The minimum atomic E-state index is -1.45. The number of ketones is 2. The SMILES string of the molecule is C=CCOc1ccccc1C(=O)[C@@H]1[C@H](C(=O)c2ccc3c(c2)OCO3)N2C=Cc3ccccc3[C@H]2[C@]12C(=O)Nc1ccccc12. The summed E-state index contributed by atoms with van der Waals surface area (Å²) >= 11 is 0. The Morgan fingerprint density at radius 3 is 2.62 bits per heavy atom. The molecule has 1 amide bonds. The third kappa shape index (κ3) is 3.81. The van der Waals surface area contributed by atoms with Gasteiger partial charge in [0.1, 0.15) is 23.8 Å². The van der Waals surface area contributed by atoms with E-state index in [1.165, 1.54) is 0 Å². The van der Waals surface area contributed by atoms with E-state index < -0.39 is 23.4 Å². The summed E-state index contributed by atoms with van der Waals surface area (Å²) in [7, 11) is 0. The van der Waals surface area contributed by atoms with Crippen molar-refractivity contribution >= 4 is 29.2 Å². The number of carbonyl (C=O) groups is 3. The van der Waals surface area contributed by atoms with E-state index in [0.29, 0.717) is 39.6 Å². The quantitative estimate of drug-likeness (QED) is 0.208. The summed E-state index contributed by atoms with van der Waals surface area (Å²) in [6, 6.07) is 25.6. The molecule has 1 saturated heterocycles. The van der Waals surface area contributed by atoms with Gasteiger partial charge >= 0.3 is 0 Å². The molecule has 8 heteroatoms. The Kier molecular flexibility index (Phi) is 6.13. The lowest BCUT2D eigenvalue weighted by Crippen LogP contribution is -2.49. The molecule has 8 rings (SSSR count). The van der Waals surface area contributed by atoms with Gasteiger partial charge in [0.25, 0.3) is 0 Å². The number of hydrogen-bond acceptors (Lipinski definition) is 7. The second-order valence-electron chi connectivity index (χ2n) is 11.5. The molecule has 4 aromatic carbocycles. The predicted octanol–water partition coefficient (Wildman–Crippen LogP) is 5.96. The molecule has 8 nitrogen and oxygen atoms in total. The van der Waals surface area contributed by atoms with E-state index in [9.17, 15) is 9.59 Å². The number of nitrogens with one attached hydrogen (secondary N) is 1. The van der Waals surface area contributed by atoms with Crippen LogP contribution in [0.5, 0.6) is 17.2 Å². The maximum absolute atomic E-state index is 15.2. The first-order valence-electron chi connectivity index (χ1n) is 14.8. The highest BCUT2D eigenvalue weighted by Crippen LogP contribution is 2.62. The summed E-state index contributed by atoms with van der Waals surface area (Å²) < 4.78 is 17.0. The van der Waals surface area contributed by atoms with Gasteiger partial charge in [-0.05, 0) is 59.2 Å². The van der Waals surface area contributed by atoms with Crippen molar-refractivity contribution in [3.8, 4) is 17.2 Å². The van der Waals surface area contributed by atoms with Gasteiger partial charge in [-0.25, -0.2) is 0 Å². The molecule has 0 bridgehead atoms. The number of nitrogens with zero attached hydrogens (tertiary/aromatic N) is 1. The molecule has 1 spiro atoms. The van der Waals surface area contributed by atoms with Crippen molar-refractivity contribution in [2.24, 2.45) is 5.92 Å². The van der Waals surface area contributed by atoms with E-state index in [0.717, 1.165) is 11.1 Å². The van der Waals surface area contributed by atoms with Crippen molar-refractivity contribution in [1.82, 2.24) is 4.90 Å². The van der Waals surface area contributed by atoms with Gasteiger partial charge in [0.15, 0.2) is 23.1 Å². The number of carbonyl (C=O) groups excluding carboxylic acids is 3. The Balaban J connectivity index is 1.40. The van der Waals surface area contributed by atoms with E-state index in [-0.39, 0.29) is 30.9 Å². The second kappa shape index (κ2) is 10.2. The van der Waals surface area contributed by atoms with E-state index in [2.05, 4.69) is 11.9 Å². The summed E-state index contributed by atoms with van der Waals surface area (Å²) in [5.74, 6) is -0.760. The smallest absolute Gasteiger partial charge is 0.238 e. The van der Waals surface area contributed by atoms with E-state index >= 15 is 4.79 Å². The molecule has 0 aliphatic carbocycles. The molecule has 1 N–H and O–H groups in total. The zero-order valence-corrected chi connectivity index (χ0v) is 24.1. The number of hydrogen-bond donors (Lipinski definition) is 1. The molecule has 0 unspecified atom stereocenters. The standard InChI is InChI=1S/C37H28N2O6/c1-2-19-43-28-14-8-5-11-25(28)34(41)31-32(33(40)23-15-16-29-30(20-23)45-21-44-29)39-18-17-22-9-3-4-10-24(22)35(39)37(31)26-12-6-7-13-27(26)38-36(37)42/h2-18,20,31-32,35H,1,19,21H2,(H,38,42)/t31-,32+,35-,37+/m0/s1. The number of amides is 1. The average Bonchev–Trinajstić information content (AvgIpc) is 3.76. The number of para-hydroxylation sites is 2. The molecule has 4 atom stereocenters. The van der Waals surface area contributed by atoms with Crippen LogP contribution in [0.25, 0.3) is 6.08 Å². The second-order valence-corrected chi connectivity index (χ2v) is 11.5. The van der Waals surface area contributed by atoms with Crippen LogP contribution in [0.3, 0.4) is 0 Å². The maximum Gasteiger partial charge on any atom is 0.238 e. The molecule has 45 heavy (non-hydrogen) atoms. The van der Waals surface area contributed by atoms with Gasteiger partial charge in [-0.1, -0.05) is 67.3 Å². The highest BCUT2D eigenvalue weighted by Gasteiger charge is 2.71. The molecule has 4 heterocycles. The fraction of sp³-hybridized carbons (Fsp3) is 0.162. The lowest BCUT2D eigenvalue weighted by atomic mass is 9.62. The molecule has 1 fully saturated rings. The van der Waals surface area contributed by atoms with Gasteiger partial charge in [0.2, 0.25) is 12.7 Å². The summed E-state index contributed by atoms with van der Waals surface area (Å²) in [4.78, 5) is 46.7. The molecule has 0 radical (unpaired) electrons. The van der Waals surface area contributed by atoms with Crippen molar-refractivity contribution in [2.45, 2.75) is 17.5 Å². The fourth-order valence-electron chi connectivity index (χ4n) is 7.50. The van der Waals surface area contributed by atoms with Crippen molar-refractivity contribution in [2.75, 3.05) is 18.7 Å². The Morgan fingerprint density at radius 2 is 1.73 bits per heavy atom. The topological polar surface area (TPSA) is 94.2 Å². The number of anilines is 1. The van der Waals surface area contributed by atoms with Crippen LogP contribution in [-0.2, 0) is 10.2 Å². The van der Waals surface area contributed by atoms with Crippen LogP contribution < -0.4 is 19.5 Å². The lowest BCUT2D eigenvalue weighted by molar-refractivity contribution is -0.122. The van der Waals surface area contributed by atoms with Gasteiger partial charge in [0, 0.05) is 17.5 Å². The normalized spacial score (nSPS) is 23.2. The maximum atomic E-state index is 15.2. The number of rotatable bonds is 7. The van der Waals surface area contributed by atoms with E-state index in [1.54, 1.807) is 48.5 Å². The minimum absolute atomic E-state index is 0.0623. The van der Waals surface area contributed by atoms with Gasteiger partial charge in [0.05, 0.1) is 17.5 Å². The van der Waals surface area contributed by atoms with Crippen LogP contribution in [0.1, 0.15) is 43.4 Å². The summed E-state index contributed by atoms with van der Waals surface area (Å²) in [5.41, 5.74) is 2.29. The third-order valence-corrected chi connectivity index (χ3v) is 9.29. The Morgan fingerprint density at radius 1 is 0.956 bits per heavy atom. The first-order chi connectivity index (χ1) is 22.0. The first kappa shape index (κ1) is 27.0.